The molecule has 8 rings (SSSR count). The predicted octanol–water partition coefficient (Wildman–Crippen LogP) is 2.77. The van der Waals surface area contributed by atoms with Crippen molar-refractivity contribution in [3.63, 3.8) is 0 Å². The van der Waals surface area contributed by atoms with Crippen LogP contribution in [0.1, 0.15) is 88.3 Å². The summed E-state index contributed by atoms with van der Waals surface area (Å²) in [6.45, 7) is 6.14. The summed E-state index contributed by atoms with van der Waals surface area (Å²) in [7, 11) is 1.69. The highest BCUT2D eigenvalue weighted by molar-refractivity contribution is 6.25. The van der Waals surface area contributed by atoms with Gasteiger partial charge in [0.05, 0.1) is 35.5 Å². The number of aromatic nitrogens is 5. The number of aryl methyl sites for hydroxylation is 1. The van der Waals surface area contributed by atoms with E-state index in [4.69, 9.17) is 9.97 Å². The van der Waals surface area contributed by atoms with Crippen molar-refractivity contribution in [1.29, 1.82) is 0 Å². The lowest BCUT2D eigenvalue weighted by molar-refractivity contribution is -0.136. The van der Waals surface area contributed by atoms with Crippen LogP contribution in [-0.2, 0) is 34.0 Å². The minimum absolute atomic E-state index is 0.0228. The summed E-state index contributed by atoms with van der Waals surface area (Å²) in [4.78, 5) is 94.8. The second-order valence-electron chi connectivity index (χ2n) is 14.5. The molecule has 56 heavy (non-hydrogen) atoms. The minimum Gasteiger partial charge on any atom is -0.384 e. The zero-order valence-electron chi connectivity index (χ0n) is 31.3. The van der Waals surface area contributed by atoms with Gasteiger partial charge in [-0.1, -0.05) is 12.1 Å². The number of nitrogens with one attached hydrogen (secondary N) is 2. The van der Waals surface area contributed by atoms with Gasteiger partial charge in [-0.25, -0.2) is 9.97 Å². The lowest BCUT2D eigenvalue weighted by Crippen LogP contribution is -2.54. The molecule has 17 heteroatoms. The van der Waals surface area contributed by atoms with Crippen LogP contribution in [-0.4, -0.2) is 102 Å². The molecule has 1 aromatic carbocycles. The Labute approximate surface area is 322 Å². The number of amides is 6. The van der Waals surface area contributed by atoms with Crippen LogP contribution < -0.4 is 20.4 Å². The van der Waals surface area contributed by atoms with Gasteiger partial charge in [0, 0.05) is 56.8 Å². The molecule has 7 heterocycles. The fraction of sp³-hybridized carbons (Fsp3) is 0.385. The van der Waals surface area contributed by atoms with Crippen molar-refractivity contribution in [2.75, 3.05) is 35.3 Å². The van der Waals surface area contributed by atoms with Crippen LogP contribution in [0.15, 0.2) is 48.8 Å². The first-order valence-corrected chi connectivity index (χ1v) is 18.8. The molecule has 6 amide bonds. The molecule has 2 atom stereocenters. The number of anilines is 3. The zero-order valence-corrected chi connectivity index (χ0v) is 31.3. The molecule has 0 aliphatic carbocycles. The van der Waals surface area contributed by atoms with E-state index in [-0.39, 0.29) is 67.9 Å². The van der Waals surface area contributed by atoms with Crippen LogP contribution in [0.5, 0.6) is 0 Å². The Kier molecular flexibility index (Phi) is 9.51. The third-order valence-corrected chi connectivity index (χ3v) is 11.0. The Hall–Kier alpha value is -6.52. The number of hydrogen-bond donors (Lipinski definition) is 2. The summed E-state index contributed by atoms with van der Waals surface area (Å²) in [6, 6.07) is 11.3. The molecule has 4 aliphatic rings. The highest BCUT2D eigenvalue weighted by Gasteiger charge is 2.45. The third kappa shape index (κ3) is 6.41. The smallest absolute Gasteiger partial charge is 0.264 e. The number of hydrogen-bond acceptors (Lipinski definition) is 12. The van der Waals surface area contributed by atoms with Crippen LogP contribution in [0.25, 0.3) is 11.5 Å². The van der Waals surface area contributed by atoms with Crippen molar-refractivity contribution < 1.29 is 28.8 Å². The highest BCUT2D eigenvalue weighted by Crippen LogP contribution is 2.35. The first-order chi connectivity index (χ1) is 27.0. The fourth-order valence-corrected chi connectivity index (χ4v) is 7.94. The van der Waals surface area contributed by atoms with Crippen LogP contribution in [0.4, 0.5) is 17.3 Å². The molecule has 2 fully saturated rings. The molecular weight excluding hydrogens is 719 g/mol. The Bertz CT molecular complexity index is 2310. The van der Waals surface area contributed by atoms with Crippen molar-refractivity contribution in [2.45, 2.75) is 77.7 Å². The second-order valence-corrected chi connectivity index (χ2v) is 14.5. The van der Waals surface area contributed by atoms with Crippen molar-refractivity contribution >= 4 is 52.8 Å². The molecule has 288 valence electrons. The largest absolute Gasteiger partial charge is 0.384 e. The van der Waals surface area contributed by atoms with E-state index in [9.17, 15) is 28.8 Å². The summed E-state index contributed by atoms with van der Waals surface area (Å²) in [5, 5.41) is 13.6. The van der Waals surface area contributed by atoms with Gasteiger partial charge in [0.1, 0.15) is 29.7 Å². The summed E-state index contributed by atoms with van der Waals surface area (Å²) >= 11 is 0. The first kappa shape index (κ1) is 36.5. The van der Waals surface area contributed by atoms with E-state index in [1.54, 1.807) is 41.4 Å². The van der Waals surface area contributed by atoms with E-state index in [0.29, 0.717) is 46.6 Å². The van der Waals surface area contributed by atoms with E-state index in [1.807, 2.05) is 29.7 Å². The quantitative estimate of drug-likeness (QED) is 0.213. The molecule has 2 N–H and O–H groups in total. The summed E-state index contributed by atoms with van der Waals surface area (Å²) in [5.41, 5.74) is 3.11. The number of piperidine rings is 1. The third-order valence-electron chi connectivity index (χ3n) is 11.0. The van der Waals surface area contributed by atoms with Gasteiger partial charge in [-0.3, -0.25) is 43.9 Å². The maximum Gasteiger partial charge on any atom is 0.264 e. The number of pyridine rings is 2. The number of imide groups is 2. The van der Waals surface area contributed by atoms with Gasteiger partial charge in [-0.05, 0) is 63.4 Å². The number of benzene rings is 1. The topological polar surface area (TPSA) is 196 Å². The maximum atomic E-state index is 14.1. The van der Waals surface area contributed by atoms with Crippen molar-refractivity contribution in [3.8, 4) is 11.5 Å². The van der Waals surface area contributed by atoms with E-state index >= 15 is 0 Å². The number of nitrogens with zero attached hydrogens (tertiary/aromatic N) is 9. The molecule has 0 radical (unpaired) electrons. The van der Waals surface area contributed by atoms with Crippen LogP contribution in [0.2, 0.25) is 0 Å². The maximum absolute atomic E-state index is 14.1. The summed E-state index contributed by atoms with van der Waals surface area (Å²) in [6.07, 6.45) is 3.79. The first-order valence-electron chi connectivity index (χ1n) is 18.8. The van der Waals surface area contributed by atoms with Gasteiger partial charge < -0.3 is 19.7 Å². The Morgan fingerprint density at radius 3 is 2.57 bits per heavy atom. The molecule has 1 unspecified atom stereocenters. The standard InChI is InChI=1S/C39H41N11O6/c1-4-47-21-41-45-35(47)27-11-6-12-30(42-27)49-19-25-24(37(49)54)18-31(48-17-7-8-22(48)2)43-28(25)20-46(3)33(52)15-16-40-26-10-5-9-23-34(26)39(56)50(38(23)55)29-13-14-32(51)44-36(29)53/h5-6,9-12,18,21-22,29,40H,4,7-8,13-17,19-20H2,1-3H3,(H,44,51,53)/t22-,29?/m1/s1. The monoisotopic (exact) mass is 759 g/mol. The molecule has 3 aromatic heterocycles. The molecule has 0 saturated carbocycles. The molecule has 0 spiro atoms. The summed E-state index contributed by atoms with van der Waals surface area (Å²) < 4.78 is 1.88. The number of fused-ring (bicyclic) bond motifs is 2. The van der Waals surface area contributed by atoms with Crippen LogP contribution >= 0.6 is 0 Å². The molecule has 2 saturated heterocycles. The van der Waals surface area contributed by atoms with Gasteiger partial charge in [0.15, 0.2) is 5.82 Å². The lowest BCUT2D eigenvalue weighted by Gasteiger charge is -2.27. The Morgan fingerprint density at radius 1 is 0.982 bits per heavy atom. The van der Waals surface area contributed by atoms with Crippen molar-refractivity contribution in [3.05, 3.63) is 76.7 Å². The van der Waals surface area contributed by atoms with E-state index in [0.717, 1.165) is 29.8 Å². The zero-order chi connectivity index (χ0) is 39.2. The second kappa shape index (κ2) is 14.6. The van der Waals surface area contributed by atoms with Crippen LogP contribution in [0.3, 0.4) is 0 Å². The number of rotatable bonds is 11. The average Bonchev–Trinajstić information content (AvgIpc) is 3.98. The highest BCUT2D eigenvalue weighted by atomic mass is 16.2. The van der Waals surface area contributed by atoms with Gasteiger partial charge in [-0.2, -0.15) is 0 Å². The minimum atomic E-state index is -1.08. The molecule has 17 nitrogen and oxygen atoms in total. The van der Waals surface area contributed by atoms with Gasteiger partial charge in [-0.15, -0.1) is 10.2 Å². The fourth-order valence-electron chi connectivity index (χ4n) is 7.94. The normalized spacial score (nSPS) is 19.1. The van der Waals surface area contributed by atoms with Gasteiger partial charge in [0.25, 0.3) is 17.7 Å². The predicted molar refractivity (Wildman–Crippen MR) is 202 cm³/mol. The van der Waals surface area contributed by atoms with Gasteiger partial charge >= 0.3 is 0 Å². The van der Waals surface area contributed by atoms with E-state index < -0.39 is 29.7 Å². The number of carbonyl (C=O) groups excluding carboxylic acids is 6. The lowest BCUT2D eigenvalue weighted by atomic mass is 10.0. The SMILES string of the molecule is CCn1cnnc1-c1cccc(N2Cc3c(cc(N4CCC[C@H]4C)nc3CN(C)C(=O)CCNc3cccc4c3C(=O)N(C3CCC(=O)NC3=O)C4=O)C2=O)n1. The molecule has 4 aromatic rings. The summed E-state index contributed by atoms with van der Waals surface area (Å²) in [5.74, 6) is -0.998. The molecule has 0 bridgehead atoms. The average molecular weight is 760 g/mol. The van der Waals surface area contributed by atoms with E-state index in [2.05, 4.69) is 32.7 Å². The van der Waals surface area contributed by atoms with Crippen molar-refractivity contribution in [2.24, 2.45) is 0 Å². The number of carbonyl (C=O) groups is 6. The Balaban J connectivity index is 0.985. The Morgan fingerprint density at radius 2 is 1.80 bits per heavy atom. The molecule has 4 aliphatic heterocycles. The van der Waals surface area contributed by atoms with Gasteiger partial charge in [0.2, 0.25) is 17.7 Å². The van der Waals surface area contributed by atoms with Crippen molar-refractivity contribution in [1.82, 2.24) is 39.8 Å². The molecular formula is C39H41N11O6. The van der Waals surface area contributed by atoms with E-state index in [1.165, 1.54) is 6.07 Å². The van der Waals surface area contributed by atoms with Crippen LogP contribution in [0, 0.1) is 0 Å².